The van der Waals surface area contributed by atoms with Crippen LogP contribution < -0.4 is 4.74 Å². The lowest BCUT2D eigenvalue weighted by Gasteiger charge is -2.40. The van der Waals surface area contributed by atoms with Crippen LogP contribution in [0.2, 0.25) is 18.1 Å². The van der Waals surface area contributed by atoms with Crippen molar-refractivity contribution in [1.29, 1.82) is 0 Å². The number of carbonyl (C=O) groups excluding carboxylic acids is 1. The maximum Gasteiger partial charge on any atom is 0.416 e. The van der Waals surface area contributed by atoms with Gasteiger partial charge in [-0.25, -0.2) is 0 Å². The average Bonchev–Trinajstić information content (AvgIpc) is 3.30. The molecule has 2 aliphatic heterocycles. The van der Waals surface area contributed by atoms with E-state index in [0.717, 1.165) is 56.9 Å². The second-order valence-electron chi connectivity index (χ2n) is 13.9. The summed E-state index contributed by atoms with van der Waals surface area (Å²) in [5.41, 5.74) is -0.755. The molecular formula is C34H51F3O7Si. The zero-order chi connectivity index (χ0) is 32.7. The van der Waals surface area contributed by atoms with Gasteiger partial charge in [-0.05, 0) is 80.9 Å². The fraction of sp³-hybridized carbons (Fsp3) is 0.735. The smallest absolute Gasteiger partial charge is 0.416 e. The van der Waals surface area contributed by atoms with E-state index in [4.69, 9.17) is 28.1 Å². The van der Waals surface area contributed by atoms with E-state index in [2.05, 4.69) is 33.9 Å². The predicted octanol–water partition coefficient (Wildman–Crippen LogP) is 8.43. The second kappa shape index (κ2) is 15.8. The molecule has 0 radical (unpaired) electrons. The first-order chi connectivity index (χ1) is 21.3. The lowest BCUT2D eigenvalue weighted by Crippen LogP contribution is -2.45. The van der Waals surface area contributed by atoms with Gasteiger partial charge in [0.05, 0.1) is 31.0 Å². The number of benzene rings is 1. The molecule has 2 unspecified atom stereocenters. The highest BCUT2D eigenvalue weighted by Gasteiger charge is 2.51. The van der Waals surface area contributed by atoms with E-state index >= 15 is 0 Å². The van der Waals surface area contributed by atoms with E-state index < -0.39 is 26.3 Å². The SMILES string of the molecule is CC(C)(C)[Si](C)(C)O[C@@H]1C[C@H](OC2CCCCO2)[C@H](/C(=C\CCOc2cccc(C(F)(F)F)c2)OC2CCCCO2)[C@@H]1CC=O. The van der Waals surface area contributed by atoms with Crippen LogP contribution in [0.15, 0.2) is 36.1 Å². The quantitative estimate of drug-likeness (QED) is 0.0914. The number of carbonyl (C=O) groups is 1. The lowest BCUT2D eigenvalue weighted by molar-refractivity contribution is -0.201. The van der Waals surface area contributed by atoms with Gasteiger partial charge in [-0.15, -0.1) is 0 Å². The second-order valence-corrected chi connectivity index (χ2v) is 18.7. The van der Waals surface area contributed by atoms with Gasteiger partial charge in [0.25, 0.3) is 0 Å². The van der Waals surface area contributed by atoms with Crippen LogP contribution in [0.3, 0.4) is 0 Å². The first-order valence-electron chi connectivity index (χ1n) is 16.5. The van der Waals surface area contributed by atoms with Gasteiger partial charge in [-0.3, -0.25) is 0 Å². The Morgan fingerprint density at radius 1 is 1.00 bits per heavy atom. The van der Waals surface area contributed by atoms with Crippen LogP contribution in [0, 0.1) is 11.8 Å². The van der Waals surface area contributed by atoms with Gasteiger partial charge in [0.15, 0.2) is 20.9 Å². The van der Waals surface area contributed by atoms with Gasteiger partial charge >= 0.3 is 6.18 Å². The summed E-state index contributed by atoms with van der Waals surface area (Å²) in [6.45, 7) is 12.4. The average molecular weight is 657 g/mol. The number of hydrogen-bond acceptors (Lipinski definition) is 7. The third kappa shape index (κ3) is 10.0. The Bertz CT molecular complexity index is 1110. The number of alkyl halides is 3. The standard InChI is InChI=1S/C34H51F3O7Si/c1-33(2,3)45(4,5)44-28-23-29(43-31-16-7-9-20-41-31)32(26(28)17-18-38)27(42-30-15-6-8-19-40-30)14-11-21-39-25-13-10-12-24(22-25)34(35,36)37/h10,12-14,18,22,26,28-32H,6-9,11,15-17,19-21,23H2,1-5H3/b27-14+/t26-,28-,29+,30?,31?,32+/m1/s1. The van der Waals surface area contributed by atoms with Gasteiger partial charge < -0.3 is 32.9 Å². The first-order valence-corrected chi connectivity index (χ1v) is 19.4. The molecule has 1 saturated carbocycles. The van der Waals surface area contributed by atoms with Gasteiger partial charge in [0, 0.05) is 37.7 Å². The van der Waals surface area contributed by atoms with Gasteiger partial charge in [-0.1, -0.05) is 26.8 Å². The zero-order valence-corrected chi connectivity index (χ0v) is 28.4. The van der Waals surface area contributed by atoms with Crippen LogP contribution in [0.1, 0.15) is 84.1 Å². The van der Waals surface area contributed by atoms with E-state index in [1.807, 2.05) is 6.08 Å². The van der Waals surface area contributed by atoms with Crippen molar-refractivity contribution >= 4 is 14.6 Å². The minimum atomic E-state index is -4.45. The van der Waals surface area contributed by atoms with E-state index in [9.17, 15) is 18.0 Å². The number of hydrogen-bond donors (Lipinski definition) is 0. The molecule has 1 aliphatic carbocycles. The summed E-state index contributed by atoms with van der Waals surface area (Å²) in [6, 6.07) is 4.88. The normalized spacial score (nSPS) is 28.6. The fourth-order valence-electron chi connectivity index (χ4n) is 6.06. The molecule has 1 aromatic rings. The summed E-state index contributed by atoms with van der Waals surface area (Å²) in [7, 11) is -2.20. The molecule has 3 aliphatic rings. The number of rotatable bonds is 13. The molecule has 3 fully saturated rings. The largest absolute Gasteiger partial charge is 0.493 e. The molecule has 0 spiro atoms. The molecule has 6 atom stereocenters. The third-order valence-corrected chi connectivity index (χ3v) is 14.0. The highest BCUT2D eigenvalue weighted by atomic mass is 28.4. The Labute approximate surface area is 267 Å². The predicted molar refractivity (Wildman–Crippen MR) is 167 cm³/mol. The summed E-state index contributed by atoms with van der Waals surface area (Å²) in [5, 5.41) is -0.0223. The summed E-state index contributed by atoms with van der Waals surface area (Å²) in [5.74, 6) is 0.317. The summed E-state index contributed by atoms with van der Waals surface area (Å²) in [4.78, 5) is 12.1. The third-order valence-electron chi connectivity index (χ3n) is 9.52. The zero-order valence-electron chi connectivity index (χ0n) is 27.4. The van der Waals surface area contributed by atoms with E-state index in [1.54, 1.807) is 0 Å². The molecular weight excluding hydrogens is 605 g/mol. The van der Waals surface area contributed by atoms with Crippen LogP contribution in [0.25, 0.3) is 0 Å². The lowest BCUT2D eigenvalue weighted by atomic mass is 9.88. The number of aldehydes is 1. The van der Waals surface area contributed by atoms with Crippen LogP contribution in [-0.2, 0) is 34.3 Å². The minimum Gasteiger partial charge on any atom is -0.493 e. The van der Waals surface area contributed by atoms with Crippen molar-refractivity contribution in [3.63, 3.8) is 0 Å². The Balaban J connectivity index is 1.61. The molecule has 7 nitrogen and oxygen atoms in total. The number of halogens is 3. The molecule has 0 bridgehead atoms. The molecule has 1 aromatic carbocycles. The van der Waals surface area contributed by atoms with Crippen molar-refractivity contribution in [2.45, 2.75) is 128 Å². The van der Waals surface area contributed by atoms with Crippen LogP contribution in [0.5, 0.6) is 5.75 Å². The van der Waals surface area contributed by atoms with Gasteiger partial charge in [-0.2, -0.15) is 13.2 Å². The highest BCUT2D eigenvalue weighted by Crippen LogP contribution is 2.48. The minimum absolute atomic E-state index is 0.0223. The molecule has 0 aromatic heterocycles. The summed E-state index contributed by atoms with van der Waals surface area (Å²) in [6.07, 6.45) is 3.89. The molecule has 2 heterocycles. The monoisotopic (exact) mass is 656 g/mol. The Morgan fingerprint density at radius 2 is 1.69 bits per heavy atom. The summed E-state index contributed by atoms with van der Waals surface area (Å²) < 4.78 is 77.5. The van der Waals surface area contributed by atoms with E-state index in [-0.39, 0.29) is 54.1 Å². The number of ether oxygens (including phenoxy) is 5. The van der Waals surface area contributed by atoms with Crippen molar-refractivity contribution < 1.29 is 46.1 Å². The maximum atomic E-state index is 13.2. The highest BCUT2D eigenvalue weighted by molar-refractivity contribution is 6.74. The van der Waals surface area contributed by atoms with E-state index in [0.29, 0.717) is 31.8 Å². The van der Waals surface area contributed by atoms with Crippen molar-refractivity contribution in [2.24, 2.45) is 11.8 Å². The molecule has 45 heavy (non-hydrogen) atoms. The molecule has 11 heteroatoms. The molecule has 2 saturated heterocycles. The van der Waals surface area contributed by atoms with Crippen molar-refractivity contribution in [1.82, 2.24) is 0 Å². The van der Waals surface area contributed by atoms with Crippen LogP contribution in [0.4, 0.5) is 13.2 Å². The first kappa shape index (κ1) is 35.9. The summed E-state index contributed by atoms with van der Waals surface area (Å²) >= 11 is 0. The van der Waals surface area contributed by atoms with Crippen molar-refractivity contribution in [2.75, 3.05) is 19.8 Å². The molecule has 4 rings (SSSR count). The van der Waals surface area contributed by atoms with Gasteiger partial charge in [0.1, 0.15) is 17.8 Å². The molecule has 0 amide bonds. The van der Waals surface area contributed by atoms with Gasteiger partial charge in [0.2, 0.25) is 0 Å². The molecule has 254 valence electrons. The van der Waals surface area contributed by atoms with Crippen molar-refractivity contribution in [3.8, 4) is 5.75 Å². The van der Waals surface area contributed by atoms with Crippen LogP contribution in [-0.4, -0.2) is 59.2 Å². The Hall–Kier alpha value is -1.92. The fourth-order valence-corrected chi connectivity index (χ4v) is 7.45. The van der Waals surface area contributed by atoms with E-state index in [1.165, 1.54) is 12.1 Å². The van der Waals surface area contributed by atoms with Crippen molar-refractivity contribution in [3.05, 3.63) is 41.7 Å². The molecule has 0 N–H and O–H groups in total. The maximum absolute atomic E-state index is 13.2. The Kier molecular flexibility index (Phi) is 12.6. The topological polar surface area (TPSA) is 72.5 Å². The Morgan fingerprint density at radius 3 is 2.29 bits per heavy atom. The van der Waals surface area contributed by atoms with Crippen LogP contribution >= 0.6 is 0 Å².